The van der Waals surface area contributed by atoms with Gasteiger partial charge in [-0.2, -0.15) is 0 Å². The second-order valence-electron chi connectivity index (χ2n) is 10.4. The summed E-state index contributed by atoms with van der Waals surface area (Å²) >= 11 is 6.18. The first-order chi connectivity index (χ1) is 13.3. The molecule has 0 radical (unpaired) electrons. The monoisotopic (exact) mass is 477 g/mol. The van der Waals surface area contributed by atoms with Crippen molar-refractivity contribution >= 4 is 11.6 Å². The van der Waals surface area contributed by atoms with Crippen LogP contribution in [0.2, 0.25) is 0 Å². The van der Waals surface area contributed by atoms with Crippen molar-refractivity contribution in [3.05, 3.63) is 22.8 Å². The van der Waals surface area contributed by atoms with Crippen molar-refractivity contribution in [2.45, 2.75) is 73.3 Å². The number of allylic oxidation sites excluding steroid dienone is 4. The Morgan fingerprint density at radius 3 is 2.41 bits per heavy atom. The van der Waals surface area contributed by atoms with Gasteiger partial charge in [-0.15, -0.1) is 0 Å². The Kier molecular flexibility index (Phi) is 16.3. The molecule has 0 saturated carbocycles. The summed E-state index contributed by atoms with van der Waals surface area (Å²) in [4.78, 5) is 2.72. The SMILES string of the molecule is C.CC(C)[C@H](CN1CCC(C2=CC=C(Cl)CC2)C(C)(C)C1)NCC[C@@H]1CCNC1.O.O.O. The number of nitrogens with one attached hydrogen (secondary N) is 2. The van der Waals surface area contributed by atoms with E-state index in [-0.39, 0.29) is 23.9 Å². The standard InChI is InChI=1S/C24H42ClN3.CH4.3H2O/c1-18(2)23(27-13-10-19-9-12-26-15-19)16-28-14-11-22(24(3,4)17-28)20-5-7-21(25)8-6-20;;;;/h5,7,18-19,22-23,26-27H,6,8-17H2,1-4H3;1H4;3*1H2/t19-,22?,23-;;;;/m0..../s1. The fourth-order valence-corrected chi connectivity index (χ4v) is 5.61. The molecular weight excluding hydrogens is 426 g/mol. The van der Waals surface area contributed by atoms with Gasteiger partial charge < -0.3 is 32.0 Å². The molecule has 32 heavy (non-hydrogen) atoms. The molecular formula is C25H52ClN3O3. The smallest absolute Gasteiger partial charge is 0.0217 e. The molecule has 2 aliphatic heterocycles. The molecule has 3 rings (SSSR count). The van der Waals surface area contributed by atoms with Crippen LogP contribution in [-0.4, -0.2) is 66.6 Å². The van der Waals surface area contributed by atoms with Crippen LogP contribution in [0.15, 0.2) is 22.8 Å². The van der Waals surface area contributed by atoms with Crippen molar-refractivity contribution in [2.75, 3.05) is 39.3 Å². The number of hydrogen-bond donors (Lipinski definition) is 2. The molecule has 7 heteroatoms. The van der Waals surface area contributed by atoms with Gasteiger partial charge in [-0.05, 0) is 87.5 Å². The fraction of sp³-hybridized carbons (Fsp3) is 0.840. The Balaban J connectivity index is 0. The molecule has 3 aliphatic rings. The van der Waals surface area contributed by atoms with Gasteiger partial charge in [-0.1, -0.05) is 58.4 Å². The average Bonchev–Trinajstić information content (AvgIpc) is 3.14. The molecule has 1 unspecified atom stereocenters. The molecule has 6 nitrogen and oxygen atoms in total. The summed E-state index contributed by atoms with van der Waals surface area (Å²) < 4.78 is 0. The summed E-state index contributed by atoms with van der Waals surface area (Å²) in [7, 11) is 0. The summed E-state index contributed by atoms with van der Waals surface area (Å²) in [6.07, 6.45) is 10.6. The summed E-state index contributed by atoms with van der Waals surface area (Å²) in [5, 5.41) is 8.40. The number of nitrogens with zero attached hydrogens (tertiary/aromatic N) is 1. The molecule has 3 atom stereocenters. The van der Waals surface area contributed by atoms with Crippen molar-refractivity contribution < 1.29 is 16.4 Å². The molecule has 2 fully saturated rings. The maximum atomic E-state index is 6.18. The average molecular weight is 478 g/mol. The molecule has 0 aromatic carbocycles. The second-order valence-corrected chi connectivity index (χ2v) is 10.9. The Morgan fingerprint density at radius 1 is 1.16 bits per heavy atom. The molecule has 8 N–H and O–H groups in total. The van der Waals surface area contributed by atoms with Crippen LogP contribution < -0.4 is 10.6 Å². The number of piperidine rings is 1. The minimum Gasteiger partial charge on any atom is -0.412 e. The zero-order valence-corrected chi connectivity index (χ0v) is 20.8. The zero-order chi connectivity index (χ0) is 20.1. The molecule has 0 aromatic heterocycles. The number of halogens is 1. The largest absolute Gasteiger partial charge is 0.412 e. The van der Waals surface area contributed by atoms with Crippen LogP contribution in [0.5, 0.6) is 0 Å². The van der Waals surface area contributed by atoms with Gasteiger partial charge in [0.25, 0.3) is 0 Å². The third-order valence-corrected chi connectivity index (χ3v) is 7.58. The highest BCUT2D eigenvalue weighted by Crippen LogP contribution is 2.42. The quantitative estimate of drug-likeness (QED) is 0.558. The van der Waals surface area contributed by atoms with Gasteiger partial charge in [0.1, 0.15) is 0 Å². The molecule has 1 aliphatic carbocycles. The van der Waals surface area contributed by atoms with Crippen molar-refractivity contribution in [3.8, 4) is 0 Å². The van der Waals surface area contributed by atoms with Gasteiger partial charge in [0.05, 0.1) is 0 Å². The van der Waals surface area contributed by atoms with E-state index in [4.69, 9.17) is 11.6 Å². The van der Waals surface area contributed by atoms with E-state index in [1.807, 2.05) is 0 Å². The zero-order valence-electron chi connectivity index (χ0n) is 20.1. The van der Waals surface area contributed by atoms with Crippen molar-refractivity contribution in [3.63, 3.8) is 0 Å². The summed E-state index contributed by atoms with van der Waals surface area (Å²) in [5.41, 5.74) is 1.96. The minimum atomic E-state index is 0. The van der Waals surface area contributed by atoms with Crippen LogP contribution in [-0.2, 0) is 0 Å². The van der Waals surface area contributed by atoms with Gasteiger partial charge in [0.2, 0.25) is 0 Å². The van der Waals surface area contributed by atoms with Crippen LogP contribution in [0, 0.1) is 23.2 Å². The summed E-state index contributed by atoms with van der Waals surface area (Å²) in [5.74, 6) is 2.25. The fourth-order valence-electron chi connectivity index (χ4n) is 5.45. The normalized spacial score (nSPS) is 25.9. The molecule has 0 bridgehead atoms. The van der Waals surface area contributed by atoms with E-state index in [2.05, 4.69) is 55.4 Å². The lowest BCUT2D eigenvalue weighted by Crippen LogP contribution is -2.52. The predicted octanol–water partition coefficient (Wildman–Crippen LogP) is 2.95. The topological polar surface area (TPSA) is 122 Å². The maximum Gasteiger partial charge on any atom is 0.0217 e. The van der Waals surface area contributed by atoms with Crippen LogP contribution in [0.25, 0.3) is 0 Å². The Hall–Kier alpha value is -0.470. The van der Waals surface area contributed by atoms with Crippen molar-refractivity contribution in [2.24, 2.45) is 23.2 Å². The van der Waals surface area contributed by atoms with Gasteiger partial charge in [0, 0.05) is 24.2 Å². The van der Waals surface area contributed by atoms with Gasteiger partial charge >= 0.3 is 0 Å². The Bertz CT molecular complexity index is 575. The first kappa shape index (κ1) is 33.7. The third-order valence-electron chi connectivity index (χ3n) is 7.27. The first-order valence-corrected chi connectivity index (χ1v) is 11.9. The molecule has 2 heterocycles. The van der Waals surface area contributed by atoms with E-state index in [1.165, 1.54) is 52.0 Å². The lowest BCUT2D eigenvalue weighted by Gasteiger charge is -2.47. The van der Waals surface area contributed by atoms with E-state index in [1.54, 1.807) is 5.57 Å². The number of rotatable bonds is 8. The van der Waals surface area contributed by atoms with Crippen LogP contribution in [0.3, 0.4) is 0 Å². The van der Waals surface area contributed by atoms with E-state index in [0.29, 0.717) is 23.3 Å². The highest BCUT2D eigenvalue weighted by Gasteiger charge is 2.38. The Labute approximate surface area is 202 Å². The predicted molar refractivity (Wildman–Crippen MR) is 139 cm³/mol. The molecule has 0 aromatic rings. The maximum absolute atomic E-state index is 6.18. The van der Waals surface area contributed by atoms with Crippen LogP contribution >= 0.6 is 11.6 Å². The molecule has 2 saturated heterocycles. The highest BCUT2D eigenvalue weighted by molar-refractivity contribution is 6.29. The molecule has 0 spiro atoms. The second kappa shape index (κ2) is 15.4. The van der Waals surface area contributed by atoms with Crippen LogP contribution in [0.1, 0.15) is 67.2 Å². The van der Waals surface area contributed by atoms with E-state index >= 15 is 0 Å². The van der Waals surface area contributed by atoms with E-state index < -0.39 is 0 Å². The number of likely N-dealkylation sites (tertiary alicyclic amines) is 1. The van der Waals surface area contributed by atoms with Gasteiger partial charge in [-0.3, -0.25) is 0 Å². The minimum absolute atomic E-state index is 0. The van der Waals surface area contributed by atoms with Crippen molar-refractivity contribution in [1.82, 2.24) is 15.5 Å². The summed E-state index contributed by atoms with van der Waals surface area (Å²) in [6, 6.07) is 0.595. The van der Waals surface area contributed by atoms with Gasteiger partial charge in [-0.25, -0.2) is 0 Å². The Morgan fingerprint density at radius 2 is 1.88 bits per heavy atom. The molecule has 192 valence electrons. The van der Waals surface area contributed by atoms with E-state index in [9.17, 15) is 0 Å². The van der Waals surface area contributed by atoms with E-state index in [0.717, 1.165) is 30.3 Å². The molecule has 0 amide bonds. The number of hydrogen-bond acceptors (Lipinski definition) is 3. The first-order valence-electron chi connectivity index (χ1n) is 11.6. The van der Waals surface area contributed by atoms with Crippen LogP contribution in [0.4, 0.5) is 0 Å². The lowest BCUT2D eigenvalue weighted by atomic mass is 9.68. The van der Waals surface area contributed by atoms with Gasteiger partial charge in [0.15, 0.2) is 0 Å². The lowest BCUT2D eigenvalue weighted by molar-refractivity contribution is 0.0604. The third kappa shape index (κ3) is 9.41. The van der Waals surface area contributed by atoms with Crippen molar-refractivity contribution in [1.29, 1.82) is 0 Å². The summed E-state index contributed by atoms with van der Waals surface area (Å²) in [6.45, 7) is 16.9. The highest BCUT2D eigenvalue weighted by atomic mass is 35.5.